The third-order valence-corrected chi connectivity index (χ3v) is 4.71. The average molecular weight is 395 g/mol. The Bertz CT molecular complexity index is 851. The Kier molecular flexibility index (Phi) is 6.16. The van der Waals surface area contributed by atoms with Crippen LogP contribution in [0.1, 0.15) is 19.4 Å². The number of rotatable bonds is 5. The van der Waals surface area contributed by atoms with Crippen molar-refractivity contribution < 1.29 is 14.3 Å². The highest BCUT2D eigenvalue weighted by Crippen LogP contribution is 2.30. The summed E-state index contributed by atoms with van der Waals surface area (Å²) >= 11 is 12.0. The molecule has 0 heterocycles. The van der Waals surface area contributed by atoms with Crippen LogP contribution in [0.3, 0.4) is 0 Å². The molecule has 0 spiro atoms. The molecule has 0 bridgehead atoms. The Labute approximate surface area is 162 Å². The number of carbonyl (C=O) groups is 2. The van der Waals surface area contributed by atoms with Crippen LogP contribution in [0, 0.1) is 12.3 Å². The molecular weight excluding hydrogens is 375 g/mol. The molecule has 0 aromatic heterocycles. The third-order valence-electron chi connectivity index (χ3n) is 4.06. The molecule has 26 heavy (non-hydrogen) atoms. The van der Waals surface area contributed by atoms with Crippen LogP contribution >= 0.6 is 23.2 Å². The molecule has 0 fully saturated rings. The summed E-state index contributed by atoms with van der Waals surface area (Å²) in [5.74, 6) is -0.499. The zero-order valence-corrected chi connectivity index (χ0v) is 16.5. The van der Waals surface area contributed by atoms with Crippen molar-refractivity contribution >= 4 is 46.4 Å². The molecule has 2 rings (SSSR count). The van der Waals surface area contributed by atoms with Crippen molar-refractivity contribution in [2.75, 3.05) is 17.7 Å². The van der Waals surface area contributed by atoms with Crippen LogP contribution in [0.5, 0.6) is 5.75 Å². The molecule has 0 saturated carbocycles. The quantitative estimate of drug-likeness (QED) is 0.707. The first kappa shape index (κ1) is 20.1. The van der Waals surface area contributed by atoms with Crippen molar-refractivity contribution in [2.45, 2.75) is 20.8 Å². The Hall–Kier alpha value is -2.24. The predicted octanol–water partition coefficient (Wildman–Crippen LogP) is 4.91. The maximum Gasteiger partial charge on any atom is 0.239 e. The number of hydrogen-bond donors (Lipinski definition) is 2. The summed E-state index contributed by atoms with van der Waals surface area (Å²) < 4.78 is 5.21. The van der Waals surface area contributed by atoms with Crippen LogP contribution in [0.25, 0.3) is 0 Å². The van der Waals surface area contributed by atoms with E-state index in [1.54, 1.807) is 43.3 Å². The third kappa shape index (κ3) is 4.29. The van der Waals surface area contributed by atoms with Gasteiger partial charge >= 0.3 is 0 Å². The van der Waals surface area contributed by atoms with Gasteiger partial charge in [-0.05, 0) is 56.7 Å². The monoisotopic (exact) mass is 394 g/mol. The second-order valence-corrected chi connectivity index (χ2v) is 7.13. The van der Waals surface area contributed by atoms with E-state index < -0.39 is 17.2 Å². The minimum Gasteiger partial charge on any atom is -0.495 e. The van der Waals surface area contributed by atoms with Crippen molar-refractivity contribution in [1.82, 2.24) is 0 Å². The molecule has 2 aromatic rings. The maximum absolute atomic E-state index is 12.7. The maximum atomic E-state index is 12.7. The Balaban J connectivity index is 2.20. The van der Waals surface area contributed by atoms with E-state index in [1.165, 1.54) is 21.0 Å². The van der Waals surface area contributed by atoms with Crippen LogP contribution in [-0.2, 0) is 9.59 Å². The summed E-state index contributed by atoms with van der Waals surface area (Å²) in [4.78, 5) is 25.4. The van der Waals surface area contributed by atoms with Crippen LogP contribution < -0.4 is 15.4 Å². The van der Waals surface area contributed by atoms with Gasteiger partial charge < -0.3 is 15.4 Å². The Morgan fingerprint density at radius 3 is 2.23 bits per heavy atom. The molecule has 0 aliphatic carbocycles. The van der Waals surface area contributed by atoms with Crippen molar-refractivity contribution in [3.05, 3.63) is 52.0 Å². The molecule has 0 aliphatic heterocycles. The van der Waals surface area contributed by atoms with Crippen LogP contribution in [0.15, 0.2) is 36.4 Å². The summed E-state index contributed by atoms with van der Waals surface area (Å²) in [7, 11) is 1.48. The second-order valence-electron chi connectivity index (χ2n) is 6.29. The lowest BCUT2D eigenvalue weighted by atomic mass is 9.90. The van der Waals surface area contributed by atoms with Gasteiger partial charge in [0.05, 0.1) is 12.8 Å². The molecule has 138 valence electrons. The Morgan fingerprint density at radius 1 is 1.00 bits per heavy atom. The van der Waals surface area contributed by atoms with Gasteiger partial charge in [-0.2, -0.15) is 0 Å². The predicted molar refractivity (Wildman–Crippen MR) is 105 cm³/mol. The molecular formula is C19H20Cl2N2O3. The zero-order chi connectivity index (χ0) is 19.5. The zero-order valence-electron chi connectivity index (χ0n) is 14.9. The van der Waals surface area contributed by atoms with Crippen molar-refractivity contribution in [3.63, 3.8) is 0 Å². The molecule has 0 saturated heterocycles. The van der Waals surface area contributed by atoms with E-state index in [0.29, 0.717) is 27.2 Å². The summed E-state index contributed by atoms with van der Waals surface area (Å²) in [6.07, 6.45) is 0. The van der Waals surface area contributed by atoms with Gasteiger partial charge in [-0.3, -0.25) is 9.59 Å². The Morgan fingerprint density at radius 2 is 1.62 bits per heavy atom. The molecule has 7 heteroatoms. The summed E-state index contributed by atoms with van der Waals surface area (Å²) in [6, 6.07) is 10.0. The average Bonchev–Trinajstić information content (AvgIpc) is 2.59. The number of benzene rings is 2. The van der Waals surface area contributed by atoms with Crippen LogP contribution in [-0.4, -0.2) is 18.9 Å². The van der Waals surface area contributed by atoms with Crippen LogP contribution in [0.4, 0.5) is 11.4 Å². The van der Waals surface area contributed by atoms with Crippen molar-refractivity contribution in [3.8, 4) is 5.75 Å². The molecule has 2 aromatic carbocycles. The second kappa shape index (κ2) is 7.98. The topological polar surface area (TPSA) is 67.4 Å². The number of halogens is 2. The molecule has 2 N–H and O–H groups in total. The fourth-order valence-corrected chi connectivity index (χ4v) is 2.53. The minimum atomic E-state index is -1.35. The standard InChI is InChI=1S/C19H20Cl2N2O3/c1-11-13(21)6-5-7-14(11)22-17(24)19(2,3)18(25)23-15-10-12(20)8-9-16(15)26-4/h5-10H,1-4H3,(H,22,24)(H,23,25). The molecule has 0 unspecified atom stereocenters. The van der Waals surface area contributed by atoms with Gasteiger partial charge in [-0.15, -0.1) is 0 Å². The van der Waals surface area contributed by atoms with E-state index in [0.717, 1.165) is 5.56 Å². The largest absolute Gasteiger partial charge is 0.495 e. The van der Waals surface area contributed by atoms with Gasteiger partial charge in [0.2, 0.25) is 11.8 Å². The van der Waals surface area contributed by atoms with Gasteiger partial charge in [0.15, 0.2) is 0 Å². The van der Waals surface area contributed by atoms with Crippen LogP contribution in [0.2, 0.25) is 10.0 Å². The lowest BCUT2D eigenvalue weighted by Gasteiger charge is -2.24. The van der Waals surface area contributed by atoms with E-state index in [4.69, 9.17) is 27.9 Å². The summed E-state index contributed by atoms with van der Waals surface area (Å²) in [6.45, 7) is 4.87. The molecule has 0 atom stereocenters. The fraction of sp³-hybridized carbons (Fsp3) is 0.263. The van der Waals surface area contributed by atoms with Crippen molar-refractivity contribution in [2.24, 2.45) is 5.41 Å². The first-order valence-electron chi connectivity index (χ1n) is 7.88. The molecule has 0 radical (unpaired) electrons. The molecule has 5 nitrogen and oxygen atoms in total. The molecule has 2 amide bonds. The normalized spacial score (nSPS) is 11.0. The lowest BCUT2D eigenvalue weighted by molar-refractivity contribution is -0.135. The number of methoxy groups -OCH3 is 1. The highest BCUT2D eigenvalue weighted by Gasteiger charge is 2.36. The summed E-state index contributed by atoms with van der Waals surface area (Å²) in [5, 5.41) is 6.43. The SMILES string of the molecule is COc1ccc(Cl)cc1NC(=O)C(C)(C)C(=O)Nc1cccc(Cl)c1C. The minimum absolute atomic E-state index is 0.393. The lowest BCUT2D eigenvalue weighted by Crippen LogP contribution is -2.41. The smallest absolute Gasteiger partial charge is 0.239 e. The van der Waals surface area contributed by atoms with Crippen molar-refractivity contribution in [1.29, 1.82) is 0 Å². The summed E-state index contributed by atoms with van der Waals surface area (Å²) in [5.41, 5.74) is 0.339. The number of ether oxygens (including phenoxy) is 1. The van der Waals surface area contributed by atoms with Gasteiger partial charge in [-0.25, -0.2) is 0 Å². The van der Waals surface area contributed by atoms with Gasteiger partial charge in [0, 0.05) is 15.7 Å². The first-order chi connectivity index (χ1) is 12.2. The van der Waals surface area contributed by atoms with E-state index in [2.05, 4.69) is 10.6 Å². The van der Waals surface area contributed by atoms with E-state index in [1.807, 2.05) is 0 Å². The number of hydrogen-bond acceptors (Lipinski definition) is 3. The van der Waals surface area contributed by atoms with Gasteiger partial charge in [-0.1, -0.05) is 29.3 Å². The number of nitrogens with one attached hydrogen (secondary N) is 2. The first-order valence-corrected chi connectivity index (χ1v) is 8.64. The van der Waals surface area contributed by atoms with Gasteiger partial charge in [0.25, 0.3) is 0 Å². The number of anilines is 2. The van der Waals surface area contributed by atoms with E-state index >= 15 is 0 Å². The number of amides is 2. The highest BCUT2D eigenvalue weighted by molar-refractivity contribution is 6.32. The molecule has 0 aliphatic rings. The van der Waals surface area contributed by atoms with Gasteiger partial charge in [0.1, 0.15) is 11.2 Å². The fourth-order valence-electron chi connectivity index (χ4n) is 2.18. The van der Waals surface area contributed by atoms with E-state index in [-0.39, 0.29) is 0 Å². The van der Waals surface area contributed by atoms with E-state index in [9.17, 15) is 9.59 Å². The highest BCUT2D eigenvalue weighted by atomic mass is 35.5. The number of carbonyl (C=O) groups excluding carboxylic acids is 2.